The summed E-state index contributed by atoms with van der Waals surface area (Å²) in [5.41, 5.74) is 0.996. The molecule has 0 spiro atoms. The van der Waals surface area contributed by atoms with Crippen LogP contribution in [0.1, 0.15) is 30.9 Å². The van der Waals surface area contributed by atoms with E-state index < -0.39 is 5.82 Å². The van der Waals surface area contributed by atoms with E-state index in [-0.39, 0.29) is 42.9 Å². The molecule has 4 rings (SSSR count). The van der Waals surface area contributed by atoms with Gasteiger partial charge in [-0.1, -0.05) is 42.5 Å². The highest BCUT2D eigenvalue weighted by molar-refractivity contribution is 5.76. The summed E-state index contributed by atoms with van der Waals surface area (Å²) in [6.45, 7) is 1.85. The Kier molecular flexibility index (Phi) is 6.16. The van der Waals surface area contributed by atoms with Crippen LogP contribution in [-0.4, -0.2) is 54.1 Å². The monoisotopic (exact) mass is 412 g/mol. The molecule has 1 atom stereocenters. The maximum Gasteiger partial charge on any atom is 0.410 e. The number of carbonyl (C=O) groups is 2. The first-order valence-electron chi connectivity index (χ1n) is 10.3. The molecule has 0 radical (unpaired) electrons. The quantitative estimate of drug-likeness (QED) is 0.725. The molecular weight excluding hydrogens is 387 g/mol. The van der Waals surface area contributed by atoms with E-state index in [0.29, 0.717) is 19.6 Å². The summed E-state index contributed by atoms with van der Waals surface area (Å²) in [7, 11) is 0. The van der Waals surface area contributed by atoms with Gasteiger partial charge in [-0.2, -0.15) is 0 Å². The van der Waals surface area contributed by atoms with E-state index in [4.69, 9.17) is 9.47 Å². The summed E-state index contributed by atoms with van der Waals surface area (Å²) in [6, 6.07) is 16.0. The van der Waals surface area contributed by atoms with Crippen molar-refractivity contribution >= 4 is 12.0 Å². The molecule has 158 valence electrons. The fourth-order valence-corrected chi connectivity index (χ4v) is 4.01. The van der Waals surface area contributed by atoms with Gasteiger partial charge < -0.3 is 19.3 Å². The van der Waals surface area contributed by atoms with Crippen LogP contribution < -0.4 is 4.74 Å². The number of cyclic esters (lactones) is 1. The van der Waals surface area contributed by atoms with Crippen LogP contribution in [0.4, 0.5) is 9.18 Å². The summed E-state index contributed by atoms with van der Waals surface area (Å²) in [4.78, 5) is 28.4. The molecular formula is C23H25FN2O4. The Labute approximate surface area is 175 Å². The van der Waals surface area contributed by atoms with Gasteiger partial charge in [0.1, 0.15) is 6.10 Å². The normalized spacial score (nSPS) is 19.6. The SMILES string of the molecule is O=C(CCOc1ccccc1F)N1CCC(N2CC(c3ccccc3)OC2=O)CC1. The lowest BCUT2D eigenvalue weighted by Crippen LogP contribution is -2.47. The molecule has 0 aliphatic carbocycles. The topological polar surface area (TPSA) is 59.1 Å². The number of hydrogen-bond donors (Lipinski definition) is 0. The molecule has 2 aliphatic rings. The number of para-hydroxylation sites is 1. The lowest BCUT2D eigenvalue weighted by atomic mass is 10.0. The number of rotatable bonds is 6. The van der Waals surface area contributed by atoms with Crippen LogP contribution in [0.25, 0.3) is 0 Å². The van der Waals surface area contributed by atoms with Crippen molar-refractivity contribution in [2.24, 2.45) is 0 Å². The molecule has 0 saturated carbocycles. The van der Waals surface area contributed by atoms with Crippen molar-refractivity contribution < 1.29 is 23.5 Å². The molecule has 2 fully saturated rings. The maximum absolute atomic E-state index is 13.6. The highest BCUT2D eigenvalue weighted by Gasteiger charge is 2.38. The van der Waals surface area contributed by atoms with Gasteiger partial charge in [0.05, 0.1) is 19.6 Å². The highest BCUT2D eigenvalue weighted by Crippen LogP contribution is 2.30. The molecule has 0 N–H and O–H groups in total. The molecule has 0 aromatic heterocycles. The van der Waals surface area contributed by atoms with Crippen molar-refractivity contribution in [3.05, 3.63) is 66.0 Å². The zero-order chi connectivity index (χ0) is 20.9. The van der Waals surface area contributed by atoms with Gasteiger partial charge in [-0.05, 0) is 30.5 Å². The largest absolute Gasteiger partial charge is 0.490 e. The zero-order valence-corrected chi connectivity index (χ0v) is 16.7. The first-order chi connectivity index (χ1) is 14.6. The second kappa shape index (κ2) is 9.15. The summed E-state index contributed by atoms with van der Waals surface area (Å²) in [5.74, 6) is -0.294. The van der Waals surface area contributed by atoms with Gasteiger partial charge >= 0.3 is 6.09 Å². The molecule has 6 nitrogen and oxygen atoms in total. The van der Waals surface area contributed by atoms with Gasteiger partial charge in [0, 0.05) is 19.1 Å². The van der Waals surface area contributed by atoms with Crippen LogP contribution in [0.5, 0.6) is 5.75 Å². The summed E-state index contributed by atoms with van der Waals surface area (Å²) in [6.07, 6.45) is 1.11. The third-order valence-corrected chi connectivity index (χ3v) is 5.68. The van der Waals surface area contributed by atoms with Gasteiger partial charge in [0.2, 0.25) is 5.91 Å². The van der Waals surface area contributed by atoms with E-state index in [2.05, 4.69) is 0 Å². The maximum atomic E-state index is 13.6. The van der Waals surface area contributed by atoms with Crippen LogP contribution >= 0.6 is 0 Å². The average molecular weight is 412 g/mol. The summed E-state index contributed by atoms with van der Waals surface area (Å²) < 4.78 is 24.5. The van der Waals surface area contributed by atoms with Gasteiger partial charge in [0.15, 0.2) is 11.6 Å². The van der Waals surface area contributed by atoms with E-state index in [1.165, 1.54) is 6.07 Å². The number of carbonyl (C=O) groups excluding carboxylic acids is 2. The molecule has 1 unspecified atom stereocenters. The number of nitrogens with zero attached hydrogens (tertiary/aromatic N) is 2. The Morgan fingerprint density at radius 3 is 2.50 bits per heavy atom. The molecule has 2 aromatic carbocycles. The molecule has 7 heteroatoms. The third kappa shape index (κ3) is 4.56. The Balaban J connectivity index is 1.23. The smallest absolute Gasteiger partial charge is 0.410 e. The molecule has 0 bridgehead atoms. The molecule has 2 amide bonds. The molecule has 30 heavy (non-hydrogen) atoms. The van der Waals surface area contributed by atoms with Crippen LogP contribution in [0.3, 0.4) is 0 Å². The van der Waals surface area contributed by atoms with E-state index in [1.807, 2.05) is 30.3 Å². The first kappa shape index (κ1) is 20.2. The van der Waals surface area contributed by atoms with Crippen molar-refractivity contribution in [2.75, 3.05) is 26.2 Å². The first-order valence-corrected chi connectivity index (χ1v) is 10.3. The molecule has 2 heterocycles. The number of piperidine rings is 1. The lowest BCUT2D eigenvalue weighted by Gasteiger charge is -2.35. The zero-order valence-electron chi connectivity index (χ0n) is 16.7. The number of benzene rings is 2. The van der Waals surface area contributed by atoms with E-state index in [0.717, 1.165) is 18.4 Å². The third-order valence-electron chi connectivity index (χ3n) is 5.68. The van der Waals surface area contributed by atoms with Crippen LogP contribution in [0.15, 0.2) is 54.6 Å². The minimum Gasteiger partial charge on any atom is -0.490 e. The van der Waals surface area contributed by atoms with Crippen LogP contribution in [0.2, 0.25) is 0 Å². The molecule has 2 saturated heterocycles. The predicted octanol–water partition coefficient (Wildman–Crippen LogP) is 3.78. The Bertz CT molecular complexity index is 884. The van der Waals surface area contributed by atoms with Gasteiger partial charge in [0.25, 0.3) is 0 Å². The number of amides is 2. The van der Waals surface area contributed by atoms with Crippen molar-refractivity contribution in [2.45, 2.75) is 31.4 Å². The Morgan fingerprint density at radius 1 is 1.07 bits per heavy atom. The number of halogens is 1. The summed E-state index contributed by atoms with van der Waals surface area (Å²) in [5, 5.41) is 0. The Hall–Kier alpha value is -3.09. The number of likely N-dealkylation sites (tertiary alicyclic amines) is 1. The standard InChI is InChI=1S/C23H25FN2O4/c24-19-8-4-5-9-20(19)29-15-12-22(27)25-13-10-18(11-14-25)26-16-21(30-23(26)28)17-6-2-1-3-7-17/h1-9,18,21H,10-16H2. The van der Waals surface area contributed by atoms with Crippen molar-refractivity contribution in [3.8, 4) is 5.75 Å². The number of ether oxygens (including phenoxy) is 2. The van der Waals surface area contributed by atoms with Crippen molar-refractivity contribution in [3.63, 3.8) is 0 Å². The molecule has 2 aliphatic heterocycles. The number of hydrogen-bond acceptors (Lipinski definition) is 4. The summed E-state index contributed by atoms with van der Waals surface area (Å²) >= 11 is 0. The molecule has 2 aromatic rings. The fourth-order valence-electron chi connectivity index (χ4n) is 4.01. The second-order valence-electron chi connectivity index (χ2n) is 7.58. The van der Waals surface area contributed by atoms with Gasteiger partial charge in [-0.15, -0.1) is 0 Å². The van der Waals surface area contributed by atoms with E-state index >= 15 is 0 Å². The van der Waals surface area contributed by atoms with Crippen molar-refractivity contribution in [1.82, 2.24) is 9.80 Å². The van der Waals surface area contributed by atoms with E-state index in [1.54, 1.807) is 28.0 Å². The average Bonchev–Trinajstić information content (AvgIpc) is 3.17. The Morgan fingerprint density at radius 2 is 1.77 bits per heavy atom. The van der Waals surface area contributed by atoms with Crippen molar-refractivity contribution in [1.29, 1.82) is 0 Å². The van der Waals surface area contributed by atoms with Gasteiger partial charge in [-0.25, -0.2) is 9.18 Å². The lowest BCUT2D eigenvalue weighted by molar-refractivity contribution is -0.133. The van der Waals surface area contributed by atoms with E-state index in [9.17, 15) is 14.0 Å². The highest BCUT2D eigenvalue weighted by atomic mass is 19.1. The van der Waals surface area contributed by atoms with Crippen LogP contribution in [-0.2, 0) is 9.53 Å². The minimum absolute atomic E-state index is 0.0176. The minimum atomic E-state index is -0.433. The fraction of sp³-hybridized carbons (Fsp3) is 0.391. The second-order valence-corrected chi connectivity index (χ2v) is 7.58. The van der Waals surface area contributed by atoms with Gasteiger partial charge in [-0.3, -0.25) is 4.79 Å². The predicted molar refractivity (Wildman–Crippen MR) is 108 cm³/mol. The van der Waals surface area contributed by atoms with Crippen LogP contribution in [0, 0.1) is 5.82 Å².